The number of aromatic nitrogens is 3. The van der Waals surface area contributed by atoms with Crippen LogP contribution in [0.3, 0.4) is 0 Å². The van der Waals surface area contributed by atoms with Crippen LogP contribution < -0.4 is 29.1 Å². The largest absolute Gasteiger partial charge is 0.491 e. The number of cyclic esters (lactones) is 1. The van der Waals surface area contributed by atoms with Gasteiger partial charge in [-0.2, -0.15) is 15.0 Å². The van der Waals surface area contributed by atoms with Gasteiger partial charge in [-0.05, 0) is 70.2 Å². The van der Waals surface area contributed by atoms with Crippen molar-refractivity contribution < 1.29 is 46.1 Å². The lowest BCUT2D eigenvalue weighted by molar-refractivity contribution is -0.114. The number of sulfonamides is 1. The molecular formula is C31H33Cl2FN6O9S. The van der Waals surface area contributed by atoms with E-state index in [0.29, 0.717) is 10.5 Å². The fourth-order valence-electron chi connectivity index (χ4n) is 4.70. The highest BCUT2D eigenvalue weighted by atomic mass is 35.5. The van der Waals surface area contributed by atoms with Crippen molar-refractivity contribution in [2.75, 3.05) is 29.8 Å². The maximum Gasteiger partial charge on any atom is 0.427 e. The standard InChI is InChI=1S/C17H17ClFNO4.C14H16ClN5O5S/c1-9(2)15-16(21)20(17(22)24-15)13-8-14(11(18)7-12(13)19)23-10-5-3-4-6-10;1-9-16-12(19-14(17-9)24-2)18-13(21)20-26(22,23)11-6-4-3-5-10(11)25-8-7-15/h7-8,10H,3-6H2,1-2H3;3-6H,7-8H2,1-2H3,(H2,16,17,18,19,20,21). The zero-order chi connectivity index (χ0) is 36.6. The van der Waals surface area contributed by atoms with Crippen LogP contribution in [0.25, 0.3) is 0 Å². The van der Waals surface area contributed by atoms with Crippen LogP contribution in [0.5, 0.6) is 17.5 Å². The number of nitrogens with one attached hydrogen (secondary N) is 2. The molecule has 0 spiro atoms. The van der Waals surface area contributed by atoms with Crippen molar-refractivity contribution >= 4 is 62.9 Å². The summed E-state index contributed by atoms with van der Waals surface area (Å²) in [6.07, 6.45) is 3.00. The second kappa shape index (κ2) is 16.8. The molecule has 5 rings (SSSR count). The number of urea groups is 1. The monoisotopic (exact) mass is 754 g/mol. The van der Waals surface area contributed by atoms with Crippen molar-refractivity contribution in [2.24, 2.45) is 0 Å². The third kappa shape index (κ3) is 9.48. The van der Waals surface area contributed by atoms with Crippen LogP contribution in [0.2, 0.25) is 5.02 Å². The van der Waals surface area contributed by atoms with Gasteiger partial charge in [0.2, 0.25) is 5.95 Å². The summed E-state index contributed by atoms with van der Waals surface area (Å²) in [4.78, 5) is 48.4. The molecule has 1 aliphatic heterocycles. The Morgan fingerprint density at radius 1 is 1.10 bits per heavy atom. The van der Waals surface area contributed by atoms with Crippen LogP contribution in [0.15, 0.2) is 52.6 Å². The van der Waals surface area contributed by atoms with Crippen molar-refractivity contribution in [1.29, 1.82) is 0 Å². The number of benzene rings is 2. The number of rotatable bonds is 10. The van der Waals surface area contributed by atoms with E-state index >= 15 is 0 Å². The molecule has 1 saturated heterocycles. The third-order valence-electron chi connectivity index (χ3n) is 6.90. The summed E-state index contributed by atoms with van der Waals surface area (Å²) in [6.45, 7) is 4.95. The lowest BCUT2D eigenvalue weighted by atomic mass is 10.2. The fourth-order valence-corrected chi connectivity index (χ4v) is 6.03. The molecule has 2 aliphatic rings. The number of carbonyl (C=O) groups excluding carboxylic acids is 3. The lowest BCUT2D eigenvalue weighted by Crippen LogP contribution is -2.35. The van der Waals surface area contributed by atoms with E-state index in [-0.39, 0.29) is 69.2 Å². The van der Waals surface area contributed by atoms with Gasteiger partial charge in [0, 0.05) is 6.07 Å². The highest BCUT2D eigenvalue weighted by molar-refractivity contribution is 7.90. The van der Waals surface area contributed by atoms with E-state index in [9.17, 15) is 27.2 Å². The summed E-state index contributed by atoms with van der Waals surface area (Å²) in [5.41, 5.74) is 0.311. The molecule has 0 bridgehead atoms. The molecule has 2 fully saturated rings. The number of hydrogen-bond donors (Lipinski definition) is 2. The number of para-hydroxylation sites is 1. The number of methoxy groups -OCH3 is 1. The summed E-state index contributed by atoms with van der Waals surface area (Å²) in [6, 6.07) is 7.11. The van der Waals surface area contributed by atoms with Gasteiger partial charge in [-0.15, -0.1) is 11.6 Å². The number of carbonyl (C=O) groups is 3. The minimum Gasteiger partial charge on any atom is -0.491 e. The number of amides is 4. The van der Waals surface area contributed by atoms with Crippen LogP contribution >= 0.6 is 23.2 Å². The van der Waals surface area contributed by atoms with Gasteiger partial charge in [0.05, 0.1) is 29.8 Å². The van der Waals surface area contributed by atoms with Crippen molar-refractivity contribution in [3.05, 3.63) is 64.4 Å². The molecule has 3 aromatic rings. The summed E-state index contributed by atoms with van der Waals surface area (Å²) in [5.74, 6) is -0.941. The van der Waals surface area contributed by atoms with Crippen molar-refractivity contribution in [3.8, 4) is 17.5 Å². The van der Waals surface area contributed by atoms with E-state index in [1.54, 1.807) is 26.8 Å². The quantitative estimate of drug-likeness (QED) is 0.185. The Kier molecular flexibility index (Phi) is 12.8. The number of hydrogen-bond acceptors (Lipinski definition) is 12. The molecule has 1 saturated carbocycles. The van der Waals surface area contributed by atoms with E-state index in [1.165, 1.54) is 31.4 Å². The van der Waals surface area contributed by atoms with Gasteiger partial charge < -0.3 is 18.9 Å². The number of aryl methyl sites for hydroxylation is 1. The first-order valence-electron chi connectivity index (χ1n) is 15.0. The predicted octanol–water partition coefficient (Wildman–Crippen LogP) is 5.89. The average Bonchev–Trinajstić information content (AvgIpc) is 3.68. The number of nitrogens with zero attached hydrogens (tertiary/aromatic N) is 4. The fraction of sp³-hybridized carbons (Fsp3) is 0.355. The molecule has 1 aliphatic carbocycles. The molecule has 50 heavy (non-hydrogen) atoms. The molecule has 2 N–H and O–H groups in total. The smallest absolute Gasteiger partial charge is 0.427 e. The zero-order valence-corrected chi connectivity index (χ0v) is 29.6. The molecule has 2 aromatic carbocycles. The number of anilines is 2. The average molecular weight is 756 g/mol. The summed E-state index contributed by atoms with van der Waals surface area (Å²) < 4.78 is 62.0. The van der Waals surface area contributed by atoms with Crippen LogP contribution in [0, 0.1) is 12.7 Å². The molecule has 4 amide bonds. The molecule has 15 nitrogen and oxygen atoms in total. The Balaban J connectivity index is 0.000000225. The number of halogens is 3. The van der Waals surface area contributed by atoms with Gasteiger partial charge in [-0.25, -0.2) is 32.0 Å². The highest BCUT2D eigenvalue weighted by Gasteiger charge is 2.40. The van der Waals surface area contributed by atoms with Crippen molar-refractivity contribution in [1.82, 2.24) is 19.7 Å². The maximum atomic E-state index is 14.3. The minimum atomic E-state index is -4.20. The Morgan fingerprint density at radius 2 is 1.80 bits per heavy atom. The van der Waals surface area contributed by atoms with Gasteiger partial charge in [0.15, 0.2) is 5.76 Å². The number of imide groups is 1. The van der Waals surface area contributed by atoms with Crippen molar-refractivity contribution in [3.63, 3.8) is 0 Å². The highest BCUT2D eigenvalue weighted by Crippen LogP contribution is 2.37. The van der Waals surface area contributed by atoms with Crippen molar-refractivity contribution in [2.45, 2.75) is 57.5 Å². The summed E-state index contributed by atoms with van der Waals surface area (Å²) >= 11 is 11.6. The maximum absolute atomic E-state index is 14.3. The SMILES string of the molecule is CC(C)=C1OC(=O)N(c2cc(OC3CCCC3)c(Cl)cc2F)C1=O.COc1nc(C)nc(NC(=O)NS(=O)(=O)c2ccccc2OCCCl)n1. The van der Waals surface area contributed by atoms with E-state index in [1.807, 2.05) is 4.72 Å². The van der Waals surface area contributed by atoms with Gasteiger partial charge >= 0.3 is 24.0 Å². The van der Waals surface area contributed by atoms with E-state index in [0.717, 1.165) is 31.7 Å². The number of allylic oxidation sites excluding steroid dienone is 1. The second-order valence-corrected chi connectivity index (χ2v) is 13.3. The molecule has 1 aromatic heterocycles. The zero-order valence-electron chi connectivity index (χ0n) is 27.3. The minimum absolute atomic E-state index is 0.00962. The van der Waals surface area contributed by atoms with Gasteiger partial charge in [-0.1, -0.05) is 23.7 Å². The van der Waals surface area contributed by atoms with Crippen LogP contribution in [-0.4, -0.2) is 67.1 Å². The van der Waals surface area contributed by atoms with Gasteiger partial charge in [0.1, 0.15) is 34.6 Å². The number of ether oxygens (including phenoxy) is 4. The first kappa shape index (κ1) is 38.1. The molecule has 0 radical (unpaired) electrons. The lowest BCUT2D eigenvalue weighted by Gasteiger charge is -2.18. The van der Waals surface area contributed by atoms with Gasteiger partial charge in [0.25, 0.3) is 10.0 Å². The Hall–Kier alpha value is -4.74. The molecule has 0 atom stereocenters. The second-order valence-electron chi connectivity index (χ2n) is 10.8. The van der Waals surface area contributed by atoms with E-state index < -0.39 is 33.9 Å². The van der Waals surface area contributed by atoms with E-state index in [4.69, 9.17) is 42.1 Å². The number of alkyl halides is 1. The van der Waals surface area contributed by atoms with Gasteiger partial charge in [-0.3, -0.25) is 10.1 Å². The Labute approximate surface area is 297 Å². The molecule has 0 unspecified atom stereocenters. The van der Waals surface area contributed by atoms with Crippen LogP contribution in [0.1, 0.15) is 45.4 Å². The third-order valence-corrected chi connectivity index (χ3v) is 8.72. The summed E-state index contributed by atoms with van der Waals surface area (Å²) in [5, 5.41) is 2.32. The van der Waals surface area contributed by atoms with Crippen LogP contribution in [0.4, 0.5) is 25.6 Å². The Morgan fingerprint density at radius 3 is 2.44 bits per heavy atom. The molecule has 19 heteroatoms. The topological polar surface area (TPSA) is 188 Å². The molecular weight excluding hydrogens is 722 g/mol. The first-order valence-corrected chi connectivity index (χ1v) is 17.4. The first-order chi connectivity index (χ1) is 23.7. The molecule has 268 valence electrons. The Bertz CT molecular complexity index is 1910. The van der Waals surface area contributed by atoms with E-state index in [2.05, 4.69) is 20.3 Å². The molecule has 2 heterocycles. The van der Waals surface area contributed by atoms with Crippen LogP contribution in [-0.2, 0) is 19.6 Å². The predicted molar refractivity (Wildman–Crippen MR) is 180 cm³/mol. The summed E-state index contributed by atoms with van der Waals surface area (Å²) in [7, 11) is -2.85. The normalized spacial score (nSPS) is 14.5.